The lowest BCUT2D eigenvalue weighted by Gasteiger charge is -2.24. The smallest absolute Gasteiger partial charge is 0.274 e. The van der Waals surface area contributed by atoms with Crippen LogP contribution in [0.5, 0.6) is 5.19 Å². The van der Waals surface area contributed by atoms with Gasteiger partial charge in [0.1, 0.15) is 10.7 Å². The summed E-state index contributed by atoms with van der Waals surface area (Å²) < 4.78 is 6.42. The second-order valence-corrected chi connectivity index (χ2v) is 5.82. The molecular weight excluding hydrogens is 290 g/mol. The lowest BCUT2D eigenvalue weighted by atomic mass is 9.96. The monoisotopic (exact) mass is 305 g/mol. The van der Waals surface area contributed by atoms with E-state index in [1.807, 2.05) is 5.38 Å². The Morgan fingerprint density at radius 1 is 1.31 bits per heavy atom. The van der Waals surface area contributed by atoms with Gasteiger partial charge in [0.05, 0.1) is 6.10 Å². The second kappa shape index (κ2) is 5.98. The normalized spacial score (nSPS) is 20.4. The molecule has 2 aliphatic rings. The van der Waals surface area contributed by atoms with E-state index in [4.69, 9.17) is 9.84 Å². The fraction of sp³-hybridized carbons (Fsp3) is 0.727. The molecule has 1 N–H and O–H groups in total. The number of aliphatic hydroxyl groups excluding tert-OH is 1. The lowest BCUT2D eigenvalue weighted by Crippen LogP contribution is -2.24. The van der Waals surface area contributed by atoms with Gasteiger partial charge in [-0.1, -0.05) is 11.3 Å². The Balaban J connectivity index is 0.000000162. The largest absolute Gasteiger partial charge is 0.467 e. The summed E-state index contributed by atoms with van der Waals surface area (Å²) in [6.45, 7) is 0. The van der Waals surface area contributed by atoms with Crippen molar-refractivity contribution in [2.45, 2.75) is 50.7 Å². The Kier molecular flexibility index (Phi) is 4.61. The van der Waals surface area contributed by atoms with E-state index in [0.717, 1.165) is 22.6 Å². The van der Waals surface area contributed by atoms with Gasteiger partial charge in [-0.05, 0) is 54.5 Å². The molecule has 1 heterocycles. The molecule has 5 heteroatoms. The van der Waals surface area contributed by atoms with Crippen LogP contribution in [0.4, 0.5) is 0 Å². The average Bonchev–Trinajstić information content (AvgIpc) is 2.56. The molecule has 0 unspecified atom stereocenters. The first-order chi connectivity index (χ1) is 7.74. The van der Waals surface area contributed by atoms with Crippen LogP contribution >= 0.6 is 27.3 Å². The molecule has 1 aromatic rings. The topological polar surface area (TPSA) is 42.4 Å². The Bertz CT molecular complexity index is 324. The molecule has 2 fully saturated rings. The van der Waals surface area contributed by atoms with E-state index in [9.17, 15) is 0 Å². The highest BCUT2D eigenvalue weighted by Crippen LogP contribution is 2.28. The van der Waals surface area contributed by atoms with Crippen molar-refractivity contribution in [1.82, 2.24) is 4.98 Å². The lowest BCUT2D eigenvalue weighted by molar-refractivity contribution is 0.0950. The zero-order valence-electron chi connectivity index (χ0n) is 9.06. The van der Waals surface area contributed by atoms with Crippen molar-refractivity contribution in [2.75, 3.05) is 0 Å². The van der Waals surface area contributed by atoms with E-state index in [1.54, 1.807) is 11.3 Å². The number of halogens is 1. The van der Waals surface area contributed by atoms with Gasteiger partial charge >= 0.3 is 0 Å². The van der Waals surface area contributed by atoms with E-state index in [2.05, 4.69) is 20.9 Å². The highest BCUT2D eigenvalue weighted by Gasteiger charge is 2.20. The zero-order chi connectivity index (χ0) is 11.4. The number of nitrogens with zero attached hydrogens (tertiary/aromatic N) is 1. The van der Waals surface area contributed by atoms with Gasteiger partial charge in [0.15, 0.2) is 0 Å². The molecule has 0 atom stereocenters. The molecule has 2 saturated carbocycles. The van der Waals surface area contributed by atoms with E-state index in [1.165, 1.54) is 25.7 Å². The first-order valence-corrected chi connectivity index (χ1v) is 7.37. The van der Waals surface area contributed by atoms with E-state index < -0.39 is 0 Å². The number of rotatable bonds is 2. The van der Waals surface area contributed by atoms with E-state index in [0.29, 0.717) is 6.10 Å². The predicted molar refractivity (Wildman–Crippen MR) is 67.9 cm³/mol. The predicted octanol–water partition coefficient (Wildman–Crippen LogP) is 3.37. The summed E-state index contributed by atoms with van der Waals surface area (Å²) in [6, 6.07) is 0. The van der Waals surface area contributed by atoms with Crippen LogP contribution in [0.2, 0.25) is 0 Å². The van der Waals surface area contributed by atoms with Gasteiger partial charge < -0.3 is 9.84 Å². The SMILES string of the molecule is Brc1csc(OC2CCC2)n1.OC1CCC1. The molecule has 3 rings (SSSR count). The van der Waals surface area contributed by atoms with Gasteiger partial charge in [-0.15, -0.1) is 0 Å². The minimum atomic E-state index is 0.0648. The molecule has 0 aliphatic heterocycles. The molecule has 0 bridgehead atoms. The van der Waals surface area contributed by atoms with Gasteiger partial charge in [-0.25, -0.2) is 0 Å². The standard InChI is InChI=1S/C7H8BrNOS.C4H8O/c8-6-4-11-7(9-6)10-5-2-1-3-5;5-4-2-1-3-4/h4-5H,1-3H2;4-5H,1-3H2. The quantitative estimate of drug-likeness (QED) is 0.911. The third kappa shape index (κ3) is 3.71. The van der Waals surface area contributed by atoms with Crippen molar-refractivity contribution in [3.8, 4) is 5.19 Å². The highest BCUT2D eigenvalue weighted by molar-refractivity contribution is 9.10. The van der Waals surface area contributed by atoms with Crippen LogP contribution in [0.3, 0.4) is 0 Å². The van der Waals surface area contributed by atoms with Crippen LogP contribution in [-0.4, -0.2) is 22.3 Å². The molecule has 2 aliphatic carbocycles. The van der Waals surface area contributed by atoms with Crippen molar-refractivity contribution in [3.05, 3.63) is 9.98 Å². The molecular formula is C11H16BrNO2S. The molecule has 1 aromatic heterocycles. The Morgan fingerprint density at radius 3 is 2.25 bits per heavy atom. The van der Waals surface area contributed by atoms with Gasteiger partial charge in [-0.2, -0.15) is 4.98 Å². The molecule has 0 spiro atoms. The summed E-state index contributed by atoms with van der Waals surface area (Å²) in [6.07, 6.45) is 7.51. The minimum Gasteiger partial charge on any atom is -0.467 e. The van der Waals surface area contributed by atoms with E-state index in [-0.39, 0.29) is 6.10 Å². The fourth-order valence-corrected chi connectivity index (χ4v) is 2.46. The number of hydrogen-bond donors (Lipinski definition) is 1. The molecule has 0 amide bonds. The molecule has 16 heavy (non-hydrogen) atoms. The summed E-state index contributed by atoms with van der Waals surface area (Å²) in [5.74, 6) is 0. The summed E-state index contributed by atoms with van der Waals surface area (Å²) >= 11 is 4.83. The molecule has 0 aromatic carbocycles. The van der Waals surface area contributed by atoms with Gasteiger partial charge in [-0.3, -0.25) is 0 Å². The van der Waals surface area contributed by atoms with Crippen LogP contribution in [0.15, 0.2) is 9.98 Å². The Labute approximate surface area is 108 Å². The maximum atomic E-state index is 8.45. The number of hydrogen-bond acceptors (Lipinski definition) is 4. The summed E-state index contributed by atoms with van der Waals surface area (Å²) in [4.78, 5) is 4.15. The van der Waals surface area contributed by atoms with Gasteiger partial charge in [0.25, 0.3) is 5.19 Å². The first kappa shape index (κ1) is 12.3. The number of aromatic nitrogens is 1. The van der Waals surface area contributed by atoms with Crippen molar-refractivity contribution in [2.24, 2.45) is 0 Å². The van der Waals surface area contributed by atoms with Gasteiger partial charge in [0.2, 0.25) is 0 Å². The van der Waals surface area contributed by atoms with Crippen LogP contribution in [0.1, 0.15) is 38.5 Å². The maximum Gasteiger partial charge on any atom is 0.274 e. The van der Waals surface area contributed by atoms with E-state index >= 15 is 0 Å². The number of thiazole rings is 1. The summed E-state index contributed by atoms with van der Waals surface area (Å²) in [5, 5.41) is 11.2. The zero-order valence-corrected chi connectivity index (χ0v) is 11.5. The Hall–Kier alpha value is -0.130. The van der Waals surface area contributed by atoms with Crippen molar-refractivity contribution >= 4 is 27.3 Å². The van der Waals surface area contributed by atoms with Crippen molar-refractivity contribution in [1.29, 1.82) is 0 Å². The highest BCUT2D eigenvalue weighted by atomic mass is 79.9. The number of aliphatic hydroxyl groups is 1. The molecule has 0 saturated heterocycles. The third-order valence-corrected chi connectivity index (χ3v) is 4.29. The van der Waals surface area contributed by atoms with Gasteiger partial charge in [0, 0.05) is 5.38 Å². The summed E-state index contributed by atoms with van der Waals surface area (Å²) in [5.41, 5.74) is 0. The average molecular weight is 306 g/mol. The Morgan fingerprint density at radius 2 is 1.94 bits per heavy atom. The molecule has 3 nitrogen and oxygen atoms in total. The van der Waals surface area contributed by atoms with Crippen molar-refractivity contribution < 1.29 is 9.84 Å². The fourth-order valence-electron chi connectivity index (χ4n) is 1.31. The minimum absolute atomic E-state index is 0.0648. The second-order valence-electron chi connectivity index (χ2n) is 4.19. The van der Waals surface area contributed by atoms with Crippen LogP contribution < -0.4 is 4.74 Å². The van der Waals surface area contributed by atoms with Crippen LogP contribution in [0, 0.1) is 0 Å². The number of ether oxygens (including phenoxy) is 1. The third-order valence-electron chi connectivity index (χ3n) is 2.85. The molecule has 0 radical (unpaired) electrons. The van der Waals surface area contributed by atoms with Crippen LogP contribution in [0.25, 0.3) is 0 Å². The van der Waals surface area contributed by atoms with Crippen molar-refractivity contribution in [3.63, 3.8) is 0 Å². The molecule has 90 valence electrons. The van der Waals surface area contributed by atoms with Crippen LogP contribution in [-0.2, 0) is 0 Å². The summed E-state index contributed by atoms with van der Waals surface area (Å²) in [7, 11) is 0. The first-order valence-electron chi connectivity index (χ1n) is 5.70. The maximum absolute atomic E-state index is 8.45.